The Labute approximate surface area is 274 Å². The molecule has 47 heavy (non-hydrogen) atoms. The van der Waals surface area contributed by atoms with E-state index in [1.54, 1.807) is 12.3 Å². The van der Waals surface area contributed by atoms with Crippen LogP contribution in [0.25, 0.3) is 16.8 Å². The second-order valence-electron chi connectivity index (χ2n) is 11.3. The molecule has 0 spiro atoms. The van der Waals surface area contributed by atoms with Crippen molar-refractivity contribution in [3.05, 3.63) is 186 Å². The van der Waals surface area contributed by atoms with Gasteiger partial charge < -0.3 is 15.5 Å². The summed E-state index contributed by atoms with van der Waals surface area (Å²) >= 11 is 0. The molecule has 228 valence electrons. The number of para-hydroxylation sites is 2. The van der Waals surface area contributed by atoms with Crippen molar-refractivity contribution >= 4 is 39.9 Å². The van der Waals surface area contributed by atoms with Crippen LogP contribution in [0.5, 0.6) is 0 Å². The largest absolute Gasteiger partial charge is 0.383 e. The van der Waals surface area contributed by atoms with Gasteiger partial charge in [-0.05, 0) is 109 Å². The van der Waals surface area contributed by atoms with Crippen LogP contribution in [-0.4, -0.2) is 9.55 Å². The molecule has 0 fully saturated rings. The van der Waals surface area contributed by atoms with Gasteiger partial charge in [-0.15, -0.1) is 0 Å². The average molecular weight is 612 g/mol. The van der Waals surface area contributed by atoms with Crippen molar-refractivity contribution in [1.29, 1.82) is 0 Å². The van der Waals surface area contributed by atoms with E-state index in [1.807, 2.05) is 48.5 Å². The van der Waals surface area contributed by atoms with Crippen LogP contribution in [-0.2, 0) is 0 Å². The van der Waals surface area contributed by atoms with E-state index in [1.165, 1.54) is 10.1 Å². The third kappa shape index (κ3) is 6.26. The predicted octanol–water partition coefficient (Wildman–Crippen LogP) is 9.73. The molecule has 0 aliphatic heterocycles. The van der Waals surface area contributed by atoms with Gasteiger partial charge in [-0.3, -0.25) is 4.57 Å². The highest BCUT2D eigenvalue weighted by Gasteiger charge is 2.15. The molecule has 0 aliphatic rings. The third-order valence-electron chi connectivity index (χ3n) is 8.06. The number of nitrogens with two attached hydrogens (primary N) is 1. The Morgan fingerprint density at radius 3 is 1.49 bits per heavy atom. The number of nitrogens with zero attached hydrogens (tertiary/aromatic N) is 4. The molecule has 2 N–H and O–H groups in total. The Hall–Kier alpha value is -6.40. The zero-order valence-corrected chi connectivity index (χ0v) is 25.9. The Morgan fingerprint density at radius 2 is 0.979 bits per heavy atom. The lowest BCUT2D eigenvalue weighted by Crippen LogP contribution is -2.21. The Bertz CT molecular complexity index is 2180. The van der Waals surface area contributed by atoms with Crippen LogP contribution in [0.1, 0.15) is 5.56 Å². The lowest BCUT2D eigenvalue weighted by atomic mass is 10.0. The Balaban J connectivity index is 1.21. The fourth-order valence-electron chi connectivity index (χ4n) is 5.82. The molecule has 0 saturated heterocycles. The molecular formula is C41H33N5O. The van der Waals surface area contributed by atoms with Gasteiger partial charge in [0.25, 0.3) is 0 Å². The number of aromatic nitrogens is 2. The monoisotopic (exact) mass is 611 g/mol. The second-order valence-corrected chi connectivity index (χ2v) is 11.3. The number of nitrogen functional groups attached to an aromatic ring is 1. The van der Waals surface area contributed by atoms with Crippen LogP contribution >= 0.6 is 0 Å². The highest BCUT2D eigenvalue weighted by Crippen LogP contribution is 2.38. The van der Waals surface area contributed by atoms with Gasteiger partial charge in [0.1, 0.15) is 5.82 Å². The van der Waals surface area contributed by atoms with Crippen molar-refractivity contribution < 1.29 is 0 Å². The minimum Gasteiger partial charge on any atom is -0.383 e. The first-order chi connectivity index (χ1) is 23.0. The van der Waals surface area contributed by atoms with Gasteiger partial charge in [-0.25, -0.2) is 4.79 Å². The third-order valence-corrected chi connectivity index (χ3v) is 8.06. The predicted molar refractivity (Wildman–Crippen MR) is 194 cm³/mol. The molecule has 0 aliphatic carbocycles. The van der Waals surface area contributed by atoms with Crippen molar-refractivity contribution in [1.82, 2.24) is 9.55 Å². The van der Waals surface area contributed by atoms with E-state index in [4.69, 9.17) is 5.73 Å². The van der Waals surface area contributed by atoms with E-state index < -0.39 is 5.69 Å². The first-order valence-electron chi connectivity index (χ1n) is 15.5. The molecule has 6 aromatic carbocycles. The Morgan fingerprint density at radius 1 is 0.511 bits per heavy atom. The zero-order valence-electron chi connectivity index (χ0n) is 25.9. The minimum absolute atomic E-state index is 0.197. The fraction of sp³-hybridized carbons (Fsp3) is 0.0244. The van der Waals surface area contributed by atoms with Crippen molar-refractivity contribution in [2.24, 2.45) is 0 Å². The molecule has 0 radical (unpaired) electrons. The van der Waals surface area contributed by atoms with Gasteiger partial charge in [0.05, 0.1) is 5.69 Å². The average Bonchev–Trinajstić information content (AvgIpc) is 3.10. The summed E-state index contributed by atoms with van der Waals surface area (Å²) in [7, 11) is 0. The molecule has 7 rings (SSSR count). The number of hydrogen-bond acceptors (Lipinski definition) is 5. The summed E-state index contributed by atoms with van der Waals surface area (Å²) in [6.07, 6.45) is 1.65. The topological polar surface area (TPSA) is 67.4 Å². The summed E-state index contributed by atoms with van der Waals surface area (Å²) in [5.74, 6) is 0.197. The number of hydrogen-bond donors (Lipinski definition) is 1. The van der Waals surface area contributed by atoms with Gasteiger partial charge in [-0.2, -0.15) is 4.98 Å². The van der Waals surface area contributed by atoms with Crippen LogP contribution in [0.4, 0.5) is 39.9 Å². The maximum Gasteiger partial charge on any atom is 0.354 e. The van der Waals surface area contributed by atoms with Crippen molar-refractivity contribution in [3.63, 3.8) is 0 Å². The quantitative estimate of drug-likeness (QED) is 0.185. The van der Waals surface area contributed by atoms with E-state index in [-0.39, 0.29) is 5.82 Å². The molecule has 6 nitrogen and oxygen atoms in total. The molecule has 0 bridgehead atoms. The van der Waals surface area contributed by atoms with Crippen LogP contribution in [0.3, 0.4) is 0 Å². The van der Waals surface area contributed by atoms with Gasteiger partial charge in [-0.1, -0.05) is 78.9 Å². The second kappa shape index (κ2) is 12.9. The molecule has 0 unspecified atom stereocenters. The Kier molecular flexibility index (Phi) is 8.05. The summed E-state index contributed by atoms with van der Waals surface area (Å²) in [6.45, 7) is 2.12. The fourth-order valence-corrected chi connectivity index (χ4v) is 5.82. The highest BCUT2D eigenvalue weighted by atomic mass is 16.1. The maximum absolute atomic E-state index is 12.6. The number of rotatable bonds is 8. The van der Waals surface area contributed by atoms with Gasteiger partial charge in [0.15, 0.2) is 0 Å². The number of benzene rings is 6. The number of aryl methyl sites for hydroxylation is 1. The van der Waals surface area contributed by atoms with Gasteiger partial charge in [0.2, 0.25) is 0 Å². The molecule has 6 heteroatoms. The summed E-state index contributed by atoms with van der Waals surface area (Å²) < 4.78 is 1.49. The van der Waals surface area contributed by atoms with Gasteiger partial charge in [0, 0.05) is 40.3 Å². The van der Waals surface area contributed by atoms with E-state index in [0.29, 0.717) is 5.69 Å². The minimum atomic E-state index is -0.422. The highest BCUT2D eigenvalue weighted by molar-refractivity contribution is 5.81. The SMILES string of the molecule is Cc1cccc(N(c2ccccc2)c2ccc(-c3ccc(N(c4ccccc4)c4cccc(-n5ccc(N)nc5=O)c4)cc3)cc2)c1. The molecule has 1 heterocycles. The summed E-state index contributed by atoms with van der Waals surface area (Å²) in [4.78, 5) is 21.0. The lowest BCUT2D eigenvalue weighted by molar-refractivity contribution is 0.919. The zero-order chi connectivity index (χ0) is 32.2. The number of anilines is 7. The maximum atomic E-state index is 12.6. The molecule has 1 aromatic heterocycles. The standard InChI is InChI=1S/C41H33N5O/c1-30-10-8-16-38(28-30)45(33-11-4-2-5-12-33)35-22-18-31(19-23-35)32-20-24-36(25-21-32)46(34-13-6-3-7-14-34)39-17-9-15-37(29-39)44-27-26-40(42)43-41(44)47/h2-29H,1H3,(H2,42,43,47). The summed E-state index contributed by atoms with van der Waals surface area (Å²) in [6, 6.07) is 55.9. The lowest BCUT2D eigenvalue weighted by Gasteiger charge is -2.26. The van der Waals surface area contributed by atoms with E-state index in [9.17, 15) is 4.79 Å². The van der Waals surface area contributed by atoms with Crippen LogP contribution in [0.2, 0.25) is 0 Å². The first kappa shape index (κ1) is 29.3. The smallest absolute Gasteiger partial charge is 0.354 e. The van der Waals surface area contributed by atoms with Crippen molar-refractivity contribution in [2.75, 3.05) is 15.5 Å². The summed E-state index contributed by atoms with van der Waals surface area (Å²) in [5.41, 5.74) is 15.7. The molecular weight excluding hydrogens is 578 g/mol. The van der Waals surface area contributed by atoms with Crippen molar-refractivity contribution in [3.8, 4) is 16.8 Å². The molecule has 0 atom stereocenters. The summed E-state index contributed by atoms with van der Waals surface area (Å²) in [5, 5.41) is 0. The van der Waals surface area contributed by atoms with Crippen molar-refractivity contribution in [2.45, 2.75) is 6.92 Å². The van der Waals surface area contributed by atoms with Crippen LogP contribution in [0, 0.1) is 6.92 Å². The molecule has 0 saturated carbocycles. The van der Waals surface area contributed by atoms with Crippen LogP contribution < -0.4 is 21.2 Å². The van der Waals surface area contributed by atoms with E-state index in [2.05, 4.69) is 131 Å². The van der Waals surface area contributed by atoms with E-state index in [0.717, 1.165) is 45.3 Å². The first-order valence-corrected chi connectivity index (χ1v) is 15.5. The van der Waals surface area contributed by atoms with Crippen LogP contribution in [0.15, 0.2) is 175 Å². The van der Waals surface area contributed by atoms with Gasteiger partial charge >= 0.3 is 5.69 Å². The molecule has 0 amide bonds. The normalized spacial score (nSPS) is 10.8. The van der Waals surface area contributed by atoms with E-state index >= 15 is 0 Å². The molecule has 7 aromatic rings.